The number of nitrogen functional groups attached to an aromatic ring is 1. The highest BCUT2D eigenvalue weighted by molar-refractivity contribution is 5.88. The van der Waals surface area contributed by atoms with Gasteiger partial charge in [-0.3, -0.25) is 9.36 Å². The summed E-state index contributed by atoms with van der Waals surface area (Å²) in [7, 11) is 0. The highest BCUT2D eigenvalue weighted by Crippen LogP contribution is 2.33. The van der Waals surface area contributed by atoms with Crippen LogP contribution in [0.4, 0.5) is 30.9 Å². The van der Waals surface area contributed by atoms with Gasteiger partial charge in [0.1, 0.15) is 6.54 Å². The van der Waals surface area contributed by atoms with Crippen LogP contribution in [0.25, 0.3) is 22.6 Å². The molecule has 0 spiro atoms. The summed E-state index contributed by atoms with van der Waals surface area (Å²) in [5, 5.41) is 0. The van der Waals surface area contributed by atoms with E-state index in [1.807, 2.05) is 4.90 Å². The molecule has 38 heavy (non-hydrogen) atoms. The second-order valence-electron chi connectivity index (χ2n) is 9.19. The molecule has 2 saturated heterocycles. The van der Waals surface area contributed by atoms with Gasteiger partial charge in [-0.15, -0.1) is 0 Å². The summed E-state index contributed by atoms with van der Waals surface area (Å²) in [6.07, 6.45) is -1.69. The van der Waals surface area contributed by atoms with Crippen molar-refractivity contribution in [3.63, 3.8) is 0 Å². The van der Waals surface area contributed by atoms with Crippen molar-refractivity contribution in [3.8, 4) is 11.4 Å². The lowest BCUT2D eigenvalue weighted by Crippen LogP contribution is -2.53. The summed E-state index contributed by atoms with van der Waals surface area (Å²) in [6.45, 7) is 3.37. The quantitative estimate of drug-likeness (QED) is 0.462. The van der Waals surface area contributed by atoms with E-state index >= 15 is 0 Å². The third-order valence-corrected chi connectivity index (χ3v) is 6.40. The zero-order valence-electron chi connectivity index (χ0n) is 20.7. The van der Waals surface area contributed by atoms with Gasteiger partial charge in [-0.2, -0.15) is 13.2 Å². The lowest BCUT2D eigenvalue weighted by Gasteiger charge is -2.36. The topological polar surface area (TPSA) is 157 Å². The Bertz CT molecular complexity index is 1300. The van der Waals surface area contributed by atoms with Crippen LogP contribution in [0.2, 0.25) is 0 Å². The smallest absolute Gasteiger partial charge is 0.378 e. The Kier molecular flexibility index (Phi) is 6.92. The van der Waals surface area contributed by atoms with Crippen LogP contribution in [0.5, 0.6) is 0 Å². The second kappa shape index (κ2) is 10.2. The lowest BCUT2D eigenvalue weighted by atomic mass is 10.2. The first kappa shape index (κ1) is 25.8. The van der Waals surface area contributed by atoms with E-state index in [2.05, 4.69) is 24.9 Å². The first-order valence-electron chi connectivity index (χ1n) is 12.2. The highest BCUT2D eigenvalue weighted by Gasteiger charge is 2.35. The number of imidazole rings is 1. The summed E-state index contributed by atoms with van der Waals surface area (Å²) in [6, 6.07) is -0.654. The molecule has 5 heterocycles. The minimum Gasteiger partial charge on any atom is -0.378 e. The Hall–Kier alpha value is -3.79. The highest BCUT2D eigenvalue weighted by atomic mass is 19.4. The minimum atomic E-state index is -4.54. The van der Waals surface area contributed by atoms with Crippen LogP contribution in [0, 0.1) is 0 Å². The van der Waals surface area contributed by atoms with Gasteiger partial charge >= 0.3 is 6.18 Å². The molecule has 2 fully saturated rings. The molecule has 5 rings (SSSR count). The average Bonchev–Trinajstić information content (AvgIpc) is 3.25. The van der Waals surface area contributed by atoms with Crippen molar-refractivity contribution in [3.05, 3.63) is 12.4 Å². The van der Waals surface area contributed by atoms with Crippen molar-refractivity contribution >= 4 is 34.8 Å². The molecule has 204 valence electrons. The molecule has 0 saturated carbocycles. The number of carbonyl (C=O) groups is 1. The average molecular weight is 536 g/mol. The molecule has 4 N–H and O–H groups in total. The van der Waals surface area contributed by atoms with E-state index in [1.54, 1.807) is 16.7 Å². The number of halogens is 3. The maximum Gasteiger partial charge on any atom is 0.406 e. The molecule has 0 aliphatic carbocycles. The Morgan fingerprint density at radius 2 is 1.68 bits per heavy atom. The van der Waals surface area contributed by atoms with E-state index in [9.17, 15) is 18.0 Å². The monoisotopic (exact) mass is 535 g/mol. The molecule has 3 aromatic heterocycles. The third-order valence-electron chi connectivity index (χ3n) is 6.40. The summed E-state index contributed by atoms with van der Waals surface area (Å²) >= 11 is 0. The summed E-state index contributed by atoms with van der Waals surface area (Å²) < 4.78 is 48.0. The largest absolute Gasteiger partial charge is 0.406 e. The number of hydrogen-bond acceptors (Lipinski definition) is 11. The number of morpholine rings is 1. The van der Waals surface area contributed by atoms with Crippen molar-refractivity contribution < 1.29 is 22.7 Å². The summed E-state index contributed by atoms with van der Waals surface area (Å²) in [5.74, 6) is 0.512. The van der Waals surface area contributed by atoms with Gasteiger partial charge in [0.25, 0.3) is 0 Å². The van der Waals surface area contributed by atoms with Crippen molar-refractivity contribution in [1.82, 2.24) is 34.4 Å². The molecule has 3 aromatic rings. The van der Waals surface area contributed by atoms with Gasteiger partial charge in [0.2, 0.25) is 17.8 Å². The predicted octanol–water partition coefficient (Wildman–Crippen LogP) is 0.260. The number of alkyl halides is 3. The van der Waals surface area contributed by atoms with E-state index in [1.165, 1.54) is 12.4 Å². The van der Waals surface area contributed by atoms with E-state index in [4.69, 9.17) is 16.2 Å². The fourth-order valence-electron chi connectivity index (χ4n) is 4.53. The van der Waals surface area contributed by atoms with Crippen molar-refractivity contribution in [2.24, 2.45) is 5.73 Å². The van der Waals surface area contributed by atoms with Crippen LogP contribution in [-0.2, 0) is 16.1 Å². The molecular formula is C22H28F3N11O2. The molecule has 1 atom stereocenters. The molecule has 2 aliphatic heterocycles. The number of fused-ring (bicyclic) bond motifs is 1. The maximum absolute atomic E-state index is 13.8. The van der Waals surface area contributed by atoms with Crippen LogP contribution >= 0.6 is 0 Å². The fourth-order valence-corrected chi connectivity index (χ4v) is 4.53. The van der Waals surface area contributed by atoms with Crippen molar-refractivity contribution in [1.29, 1.82) is 0 Å². The van der Waals surface area contributed by atoms with E-state index in [0.29, 0.717) is 63.9 Å². The molecule has 0 unspecified atom stereocenters. The number of aromatic nitrogens is 6. The minimum absolute atomic E-state index is 0.0368. The van der Waals surface area contributed by atoms with Crippen molar-refractivity contribution in [2.75, 3.05) is 68.0 Å². The number of anilines is 3. The Morgan fingerprint density at radius 1 is 1.03 bits per heavy atom. The molecule has 0 aromatic carbocycles. The zero-order valence-corrected chi connectivity index (χ0v) is 20.7. The number of ether oxygens (including phenoxy) is 1. The first-order valence-corrected chi connectivity index (χ1v) is 12.2. The molecule has 16 heteroatoms. The number of amides is 1. The van der Waals surface area contributed by atoms with Crippen LogP contribution in [0.1, 0.15) is 6.92 Å². The molecule has 13 nitrogen and oxygen atoms in total. The van der Waals surface area contributed by atoms with E-state index in [-0.39, 0.29) is 34.8 Å². The molecule has 0 radical (unpaired) electrons. The number of carbonyl (C=O) groups excluding carboxylic acids is 1. The van der Waals surface area contributed by atoms with Gasteiger partial charge in [-0.1, -0.05) is 0 Å². The summed E-state index contributed by atoms with van der Waals surface area (Å²) in [4.78, 5) is 39.3. The third kappa shape index (κ3) is 5.26. The fraction of sp³-hybridized carbons (Fsp3) is 0.545. The van der Waals surface area contributed by atoms with Crippen LogP contribution < -0.4 is 21.3 Å². The van der Waals surface area contributed by atoms with Gasteiger partial charge < -0.3 is 30.9 Å². The molecular weight excluding hydrogens is 507 g/mol. The number of nitrogens with zero attached hydrogens (tertiary/aromatic N) is 9. The van der Waals surface area contributed by atoms with Gasteiger partial charge in [0.15, 0.2) is 22.8 Å². The molecule has 2 aliphatic rings. The van der Waals surface area contributed by atoms with Crippen LogP contribution in [-0.4, -0.2) is 105 Å². The van der Waals surface area contributed by atoms with Gasteiger partial charge in [-0.25, -0.2) is 24.9 Å². The Balaban J connectivity index is 1.62. The standard InChI is InChI=1S/C22H28F3N11O2/c1-13(26)19(37)34-2-4-35(5-3-34)21-30-15-17(33-6-8-38-9-7-33)31-16(14-10-28-20(27)29-11-14)32-18(15)36(21)12-22(23,24)25/h10-11,13H,2-9,12,26H2,1H3,(H2,27,28,29)/t13-/m0/s1. The normalized spacial score (nSPS) is 17.8. The number of piperazine rings is 1. The van der Waals surface area contributed by atoms with E-state index < -0.39 is 18.8 Å². The zero-order chi connectivity index (χ0) is 27.0. The van der Waals surface area contributed by atoms with Crippen LogP contribution in [0.3, 0.4) is 0 Å². The predicted molar refractivity (Wildman–Crippen MR) is 132 cm³/mol. The second-order valence-corrected chi connectivity index (χ2v) is 9.19. The first-order chi connectivity index (χ1) is 18.1. The molecule has 1 amide bonds. The maximum atomic E-state index is 13.8. The van der Waals surface area contributed by atoms with Gasteiger partial charge in [0, 0.05) is 51.7 Å². The van der Waals surface area contributed by atoms with E-state index in [0.717, 1.165) is 4.57 Å². The Labute approximate surface area is 215 Å². The van der Waals surface area contributed by atoms with Crippen LogP contribution in [0.15, 0.2) is 12.4 Å². The van der Waals surface area contributed by atoms with Crippen molar-refractivity contribution in [2.45, 2.75) is 25.7 Å². The van der Waals surface area contributed by atoms with Gasteiger partial charge in [0.05, 0.1) is 24.8 Å². The Morgan fingerprint density at radius 3 is 2.29 bits per heavy atom. The number of rotatable bonds is 5. The van der Waals surface area contributed by atoms with Gasteiger partial charge in [-0.05, 0) is 6.92 Å². The number of nitrogens with two attached hydrogens (primary N) is 2. The lowest BCUT2D eigenvalue weighted by molar-refractivity contribution is -0.139. The SMILES string of the molecule is C[C@H](N)C(=O)N1CCN(c2nc3c(N4CCOCC4)nc(-c4cnc(N)nc4)nc3n2CC(F)(F)F)CC1. The molecule has 0 bridgehead atoms. The number of hydrogen-bond donors (Lipinski definition) is 2. The summed E-state index contributed by atoms with van der Waals surface area (Å²) in [5.41, 5.74) is 12.0.